The van der Waals surface area contributed by atoms with E-state index in [1.165, 1.54) is 4.90 Å². The maximum absolute atomic E-state index is 14.5. The number of anilines is 1. The lowest BCUT2D eigenvalue weighted by Gasteiger charge is -2.45. The van der Waals surface area contributed by atoms with Crippen molar-refractivity contribution >= 4 is 29.4 Å². The lowest BCUT2D eigenvalue weighted by Crippen LogP contribution is -2.58. The first-order valence-electron chi connectivity index (χ1n) is 17.7. The molecule has 54 heavy (non-hydrogen) atoms. The van der Waals surface area contributed by atoms with Crippen molar-refractivity contribution in [3.63, 3.8) is 0 Å². The Morgan fingerprint density at radius 2 is 1.59 bits per heavy atom. The summed E-state index contributed by atoms with van der Waals surface area (Å²) < 4.78 is 33.8. The number of ether oxygens (including phenoxy) is 6. The molecule has 4 aromatic rings. The molecule has 2 N–H and O–H groups in total. The summed E-state index contributed by atoms with van der Waals surface area (Å²) in [6.45, 7) is 1.94. The molecule has 0 unspecified atom stereocenters. The molecular weight excluding hydrogens is 696 g/mol. The van der Waals surface area contributed by atoms with Crippen LogP contribution in [0.1, 0.15) is 52.9 Å². The zero-order valence-corrected chi connectivity index (χ0v) is 30.0. The Hall–Kier alpha value is -6.08. The van der Waals surface area contributed by atoms with Gasteiger partial charge in [-0.25, -0.2) is 0 Å². The Morgan fingerprint density at radius 1 is 0.852 bits per heavy atom. The maximum atomic E-state index is 14.5. The van der Waals surface area contributed by atoms with Crippen LogP contribution >= 0.6 is 0 Å². The van der Waals surface area contributed by atoms with Crippen molar-refractivity contribution in [2.45, 2.75) is 50.8 Å². The summed E-state index contributed by atoms with van der Waals surface area (Å²) in [7, 11) is 1.55. The molecule has 0 aromatic heterocycles. The van der Waals surface area contributed by atoms with Crippen LogP contribution in [0, 0.1) is 0 Å². The molecule has 2 aliphatic heterocycles. The van der Waals surface area contributed by atoms with Crippen LogP contribution in [0.2, 0.25) is 0 Å². The van der Waals surface area contributed by atoms with E-state index in [1.54, 1.807) is 105 Å². The molecular formula is C41H42N2O11. The van der Waals surface area contributed by atoms with Crippen molar-refractivity contribution in [3.05, 3.63) is 113 Å². The standard InChI is InChI=1S/C41H42N2O11/c1-3-50-37(46)24-33-40(54-38(47)22-27-12-17-34-35(20-27)53-25-52-34)39(42-41(48)28-8-5-4-6-9-28)31-23-30(51-19-7-18-44)15-16-32(31)43(33)36(45)21-26-10-13-29(49-2)14-11-26/h4-6,8-17,20,23,33,39-40,44H,3,7,18-19,21-22,24-25H2,1-2H3,(H,42,48)/t33-,39-,40-/m0/s1. The average molecular weight is 739 g/mol. The maximum Gasteiger partial charge on any atom is 0.310 e. The SMILES string of the molecule is CCOC(=O)C[C@H]1[C@H](OC(=O)Cc2ccc3c(c2)OCO3)[C@@H](NC(=O)c2ccccc2)c2cc(OCCCO)ccc2N1C(=O)Cc1ccc(OC)cc1. The lowest BCUT2D eigenvalue weighted by molar-refractivity contribution is -0.155. The van der Waals surface area contributed by atoms with Gasteiger partial charge < -0.3 is 43.7 Å². The van der Waals surface area contributed by atoms with Crippen LogP contribution in [0.25, 0.3) is 0 Å². The first kappa shape index (κ1) is 37.7. The predicted molar refractivity (Wildman–Crippen MR) is 196 cm³/mol. The highest BCUT2D eigenvalue weighted by atomic mass is 16.7. The molecule has 2 heterocycles. The number of benzene rings is 4. The van der Waals surface area contributed by atoms with Gasteiger partial charge in [0, 0.05) is 29.8 Å². The minimum atomic E-state index is -1.27. The number of hydrogen-bond donors (Lipinski definition) is 2. The van der Waals surface area contributed by atoms with E-state index in [0.717, 1.165) is 0 Å². The summed E-state index contributed by atoms with van der Waals surface area (Å²) in [6.07, 6.45) is -1.51. The topological polar surface area (TPSA) is 159 Å². The minimum absolute atomic E-state index is 0.0646. The highest BCUT2D eigenvalue weighted by Crippen LogP contribution is 2.43. The fraction of sp³-hybridized carbons (Fsp3) is 0.317. The molecule has 4 aromatic carbocycles. The van der Waals surface area contributed by atoms with Crippen LogP contribution in [0.4, 0.5) is 5.69 Å². The van der Waals surface area contributed by atoms with Gasteiger partial charge >= 0.3 is 11.9 Å². The van der Waals surface area contributed by atoms with E-state index in [4.69, 9.17) is 28.4 Å². The molecule has 0 radical (unpaired) electrons. The van der Waals surface area contributed by atoms with Gasteiger partial charge in [-0.05, 0) is 72.6 Å². The van der Waals surface area contributed by atoms with Gasteiger partial charge in [0.1, 0.15) is 17.6 Å². The highest BCUT2D eigenvalue weighted by Gasteiger charge is 2.48. The number of nitrogens with one attached hydrogen (secondary N) is 1. The van der Waals surface area contributed by atoms with Gasteiger partial charge in [-0.2, -0.15) is 0 Å². The largest absolute Gasteiger partial charge is 0.497 e. The van der Waals surface area contributed by atoms with Gasteiger partial charge in [-0.15, -0.1) is 0 Å². The number of fused-ring (bicyclic) bond motifs is 2. The van der Waals surface area contributed by atoms with Crippen molar-refractivity contribution in [2.24, 2.45) is 0 Å². The van der Waals surface area contributed by atoms with Crippen molar-refractivity contribution in [1.29, 1.82) is 0 Å². The summed E-state index contributed by atoms with van der Waals surface area (Å²) >= 11 is 0. The first-order chi connectivity index (χ1) is 26.3. The average Bonchev–Trinajstić information content (AvgIpc) is 3.65. The van der Waals surface area contributed by atoms with Crippen molar-refractivity contribution in [3.8, 4) is 23.0 Å². The number of carbonyl (C=O) groups excluding carboxylic acids is 4. The molecule has 0 saturated carbocycles. The number of rotatable bonds is 15. The smallest absolute Gasteiger partial charge is 0.310 e. The van der Waals surface area contributed by atoms with E-state index >= 15 is 0 Å². The number of methoxy groups -OCH3 is 1. The summed E-state index contributed by atoms with van der Waals surface area (Å²) in [6, 6.07) is 23.5. The molecule has 0 saturated heterocycles. The zero-order chi connectivity index (χ0) is 38.0. The number of amides is 2. The second-order valence-electron chi connectivity index (χ2n) is 12.6. The Kier molecular flexibility index (Phi) is 12.3. The molecule has 2 amide bonds. The molecule has 13 heteroatoms. The monoisotopic (exact) mass is 738 g/mol. The fourth-order valence-corrected chi connectivity index (χ4v) is 6.52. The number of hydrogen-bond acceptors (Lipinski definition) is 11. The van der Waals surface area contributed by atoms with Crippen molar-refractivity contribution in [1.82, 2.24) is 5.32 Å². The third-order valence-corrected chi connectivity index (χ3v) is 9.04. The summed E-state index contributed by atoms with van der Waals surface area (Å²) in [5.74, 6) is -0.0958. The number of carbonyl (C=O) groups is 4. The van der Waals surface area contributed by atoms with Gasteiger partial charge in [0.05, 0.1) is 51.7 Å². The van der Waals surface area contributed by atoms with E-state index in [9.17, 15) is 24.3 Å². The zero-order valence-electron chi connectivity index (χ0n) is 30.0. The normalized spacial score (nSPS) is 16.9. The Labute approximate surface area is 312 Å². The van der Waals surface area contributed by atoms with E-state index < -0.39 is 41.9 Å². The second kappa shape index (κ2) is 17.6. The van der Waals surface area contributed by atoms with Crippen LogP contribution in [0.3, 0.4) is 0 Å². The van der Waals surface area contributed by atoms with Gasteiger partial charge in [0.25, 0.3) is 5.91 Å². The number of aliphatic hydroxyl groups excluding tert-OH is 1. The third kappa shape index (κ3) is 8.92. The van der Waals surface area contributed by atoms with Gasteiger partial charge in [-0.1, -0.05) is 36.4 Å². The number of aliphatic hydroxyl groups is 1. The molecule has 3 atom stereocenters. The Balaban J connectivity index is 1.44. The van der Waals surface area contributed by atoms with Crippen LogP contribution in [-0.4, -0.2) is 74.7 Å². The quantitative estimate of drug-likeness (QED) is 0.128. The molecule has 13 nitrogen and oxygen atoms in total. The predicted octanol–water partition coefficient (Wildman–Crippen LogP) is 4.72. The third-order valence-electron chi connectivity index (χ3n) is 9.04. The summed E-state index contributed by atoms with van der Waals surface area (Å²) in [5, 5.41) is 12.4. The van der Waals surface area contributed by atoms with Crippen molar-refractivity contribution in [2.75, 3.05) is 38.6 Å². The molecule has 6 rings (SSSR count). The van der Waals surface area contributed by atoms with Crippen LogP contribution in [0.15, 0.2) is 91.0 Å². The molecule has 0 spiro atoms. The second-order valence-corrected chi connectivity index (χ2v) is 12.6. The molecule has 2 aliphatic rings. The number of nitrogens with zero attached hydrogens (tertiary/aromatic N) is 1. The highest BCUT2D eigenvalue weighted by molar-refractivity contribution is 5.99. The van der Waals surface area contributed by atoms with Gasteiger partial charge in [0.2, 0.25) is 12.7 Å². The number of esters is 2. The van der Waals surface area contributed by atoms with Gasteiger partial charge in [0.15, 0.2) is 11.5 Å². The molecule has 0 aliphatic carbocycles. The van der Waals surface area contributed by atoms with Gasteiger partial charge in [-0.3, -0.25) is 19.2 Å². The summed E-state index contributed by atoms with van der Waals surface area (Å²) in [4.78, 5) is 57.1. The van der Waals surface area contributed by atoms with E-state index in [-0.39, 0.29) is 45.9 Å². The fourth-order valence-electron chi connectivity index (χ4n) is 6.52. The molecule has 282 valence electrons. The molecule has 0 bridgehead atoms. The Bertz CT molecular complexity index is 1950. The van der Waals surface area contributed by atoms with Crippen LogP contribution < -0.4 is 29.2 Å². The van der Waals surface area contributed by atoms with E-state index in [2.05, 4.69) is 5.32 Å². The van der Waals surface area contributed by atoms with Crippen LogP contribution in [-0.2, 0) is 36.7 Å². The van der Waals surface area contributed by atoms with E-state index in [0.29, 0.717) is 57.4 Å². The first-order valence-corrected chi connectivity index (χ1v) is 17.7. The molecule has 0 fully saturated rings. The van der Waals surface area contributed by atoms with E-state index in [1.807, 2.05) is 0 Å². The Morgan fingerprint density at radius 3 is 2.33 bits per heavy atom. The lowest BCUT2D eigenvalue weighted by atomic mass is 9.85. The summed E-state index contributed by atoms with van der Waals surface area (Å²) in [5.41, 5.74) is 2.42. The van der Waals surface area contributed by atoms with Crippen LogP contribution in [0.5, 0.6) is 23.0 Å². The van der Waals surface area contributed by atoms with Crippen molar-refractivity contribution < 1.29 is 52.7 Å². The minimum Gasteiger partial charge on any atom is -0.497 e.